The molecular weight excluding hydrogens is 543 g/mol. The molecule has 2 N–H and O–H groups in total. The number of rotatable bonds is 11. The van der Waals surface area contributed by atoms with Crippen molar-refractivity contribution in [1.82, 2.24) is 5.32 Å². The van der Waals surface area contributed by atoms with E-state index in [0.717, 1.165) is 5.56 Å². The maximum absolute atomic E-state index is 13.9. The molecule has 0 amide bonds. The van der Waals surface area contributed by atoms with Crippen LogP contribution in [0.4, 0.5) is 30.7 Å². The van der Waals surface area contributed by atoms with Crippen molar-refractivity contribution in [2.75, 3.05) is 6.54 Å². The number of alkyl halides is 7. The number of nitrogens with one attached hydrogen (secondary N) is 1. The lowest BCUT2D eigenvalue weighted by Crippen LogP contribution is -2.59. The van der Waals surface area contributed by atoms with E-state index < -0.39 is 42.9 Å². The number of ether oxygens (including phenoxy) is 2. The second-order valence-corrected chi connectivity index (χ2v) is 9.81. The molecule has 0 heterocycles. The van der Waals surface area contributed by atoms with Gasteiger partial charge in [0.2, 0.25) is 5.72 Å². The van der Waals surface area contributed by atoms with Gasteiger partial charge in [0.1, 0.15) is 11.5 Å². The highest BCUT2D eigenvalue weighted by Crippen LogP contribution is 2.36. The summed E-state index contributed by atoms with van der Waals surface area (Å²) in [5.74, 6) is 0.103. The average Bonchev–Trinajstić information content (AvgIpc) is 2.83. The lowest BCUT2D eigenvalue weighted by atomic mass is 9.86. The third kappa shape index (κ3) is 7.97. The SMILES string of the molecule is CCc1cc(Oc2cccc(CC(O)(NCC3CCCC(OC(F)(F)C(F)F)C3)C(F)(F)F)c2)ccc1Cl. The van der Waals surface area contributed by atoms with Crippen LogP contribution in [0.25, 0.3) is 0 Å². The van der Waals surface area contributed by atoms with Crippen molar-refractivity contribution in [3.8, 4) is 11.5 Å². The first-order valence-electron chi connectivity index (χ1n) is 12.2. The number of halogens is 8. The highest BCUT2D eigenvalue weighted by molar-refractivity contribution is 6.31. The second kappa shape index (κ2) is 12.4. The topological polar surface area (TPSA) is 50.7 Å². The molecule has 2 aromatic carbocycles. The Labute approximate surface area is 221 Å². The van der Waals surface area contributed by atoms with Gasteiger partial charge >= 0.3 is 18.7 Å². The van der Waals surface area contributed by atoms with Gasteiger partial charge in [0.25, 0.3) is 0 Å². The number of benzene rings is 2. The van der Waals surface area contributed by atoms with Gasteiger partial charge in [-0.25, -0.2) is 8.78 Å². The summed E-state index contributed by atoms with van der Waals surface area (Å²) in [6, 6.07) is 10.8. The molecule has 212 valence electrons. The Bertz CT molecular complexity index is 1070. The third-order valence-corrected chi connectivity index (χ3v) is 6.83. The highest BCUT2D eigenvalue weighted by atomic mass is 35.5. The zero-order valence-electron chi connectivity index (χ0n) is 20.5. The first-order valence-corrected chi connectivity index (χ1v) is 12.5. The Balaban J connectivity index is 1.68. The molecule has 12 heteroatoms. The molecule has 3 unspecified atom stereocenters. The van der Waals surface area contributed by atoms with Gasteiger partial charge < -0.3 is 14.6 Å². The molecule has 0 bridgehead atoms. The van der Waals surface area contributed by atoms with E-state index in [9.17, 15) is 35.8 Å². The van der Waals surface area contributed by atoms with Crippen molar-refractivity contribution in [2.24, 2.45) is 5.92 Å². The highest BCUT2D eigenvalue weighted by Gasteiger charge is 2.54. The lowest BCUT2D eigenvalue weighted by Gasteiger charge is -2.36. The van der Waals surface area contributed by atoms with E-state index in [0.29, 0.717) is 30.0 Å². The van der Waals surface area contributed by atoms with Crippen LogP contribution in [0.1, 0.15) is 43.7 Å². The van der Waals surface area contributed by atoms with Crippen LogP contribution in [0.2, 0.25) is 5.02 Å². The van der Waals surface area contributed by atoms with Crippen molar-refractivity contribution in [2.45, 2.75) is 76.0 Å². The molecule has 1 aliphatic carbocycles. The van der Waals surface area contributed by atoms with Crippen molar-refractivity contribution in [3.63, 3.8) is 0 Å². The van der Waals surface area contributed by atoms with Crippen LogP contribution in [0.5, 0.6) is 11.5 Å². The number of hydrogen-bond donors (Lipinski definition) is 2. The van der Waals surface area contributed by atoms with Crippen LogP contribution < -0.4 is 10.1 Å². The molecule has 4 nitrogen and oxygen atoms in total. The first kappa shape index (κ1) is 30.5. The normalized spacial score (nSPS) is 20.4. The fourth-order valence-electron chi connectivity index (χ4n) is 4.42. The van der Waals surface area contributed by atoms with Crippen molar-refractivity contribution in [3.05, 3.63) is 58.6 Å². The number of aliphatic hydroxyl groups is 1. The molecule has 3 rings (SSSR count). The van der Waals surface area contributed by atoms with E-state index in [1.54, 1.807) is 24.3 Å². The van der Waals surface area contributed by atoms with Crippen molar-refractivity contribution in [1.29, 1.82) is 0 Å². The minimum Gasteiger partial charge on any atom is -0.457 e. The van der Waals surface area contributed by atoms with E-state index in [1.165, 1.54) is 18.2 Å². The molecular formula is C26H29ClF7NO3. The van der Waals surface area contributed by atoms with Gasteiger partial charge in [-0.2, -0.15) is 22.0 Å². The quantitative estimate of drug-likeness (QED) is 0.216. The summed E-state index contributed by atoms with van der Waals surface area (Å²) in [5.41, 5.74) is -2.37. The number of hydrogen-bond acceptors (Lipinski definition) is 4. The van der Waals surface area contributed by atoms with Crippen LogP contribution in [0.3, 0.4) is 0 Å². The van der Waals surface area contributed by atoms with Crippen molar-refractivity contribution < 1.29 is 45.3 Å². The van der Waals surface area contributed by atoms with Gasteiger partial charge in [-0.15, -0.1) is 0 Å². The summed E-state index contributed by atoms with van der Waals surface area (Å²) in [5, 5.41) is 13.3. The van der Waals surface area contributed by atoms with Crippen LogP contribution >= 0.6 is 11.6 Å². The summed E-state index contributed by atoms with van der Waals surface area (Å²) >= 11 is 6.11. The van der Waals surface area contributed by atoms with Gasteiger partial charge in [-0.05, 0) is 73.1 Å². The summed E-state index contributed by atoms with van der Waals surface area (Å²) in [6.07, 6.45) is -14.5. The Kier molecular flexibility index (Phi) is 9.94. The molecule has 1 saturated carbocycles. The predicted octanol–water partition coefficient (Wildman–Crippen LogP) is 7.51. The Hall–Kier alpha value is -2.08. The van der Waals surface area contributed by atoms with Crippen molar-refractivity contribution >= 4 is 11.6 Å². The van der Waals surface area contributed by atoms with Crippen LogP contribution in [0.15, 0.2) is 42.5 Å². The fourth-order valence-corrected chi connectivity index (χ4v) is 4.67. The third-order valence-electron chi connectivity index (χ3n) is 6.46. The monoisotopic (exact) mass is 571 g/mol. The minimum absolute atomic E-state index is 0.0858. The van der Waals surface area contributed by atoms with Crippen LogP contribution in [0, 0.1) is 5.92 Å². The van der Waals surface area contributed by atoms with Gasteiger partial charge in [-0.1, -0.05) is 37.1 Å². The van der Waals surface area contributed by atoms with E-state index in [4.69, 9.17) is 16.3 Å². The van der Waals surface area contributed by atoms with E-state index in [1.807, 2.05) is 6.92 Å². The second-order valence-electron chi connectivity index (χ2n) is 9.41. The predicted molar refractivity (Wildman–Crippen MR) is 128 cm³/mol. The van der Waals surface area contributed by atoms with Gasteiger partial charge in [0.05, 0.1) is 6.10 Å². The Morgan fingerprint density at radius 1 is 1.05 bits per heavy atom. The van der Waals surface area contributed by atoms with Gasteiger partial charge in [-0.3, -0.25) is 5.32 Å². The molecule has 2 aromatic rings. The minimum atomic E-state index is -5.08. The standard InChI is InChI=1S/C26H29ClF7NO3/c1-2-18-13-20(9-10-22(18)27)37-19-7-3-5-16(11-19)14-24(36,26(32,33)34)35-15-17-6-4-8-21(12-17)38-25(30,31)23(28)29/h3,5,7,9-11,13,17,21,23,35-36H,2,4,6,8,12,14-15H2,1H3. The fraction of sp³-hybridized carbons (Fsp3) is 0.538. The molecule has 0 spiro atoms. The summed E-state index contributed by atoms with van der Waals surface area (Å²) in [4.78, 5) is 0. The van der Waals surface area contributed by atoms with Gasteiger partial charge in [0, 0.05) is 18.0 Å². The zero-order valence-corrected chi connectivity index (χ0v) is 21.3. The first-order chi connectivity index (χ1) is 17.7. The molecule has 0 aromatic heterocycles. The zero-order chi connectivity index (χ0) is 28.1. The molecule has 1 fully saturated rings. The van der Waals surface area contributed by atoms with E-state index >= 15 is 0 Å². The lowest BCUT2D eigenvalue weighted by molar-refractivity contribution is -0.322. The maximum atomic E-state index is 13.9. The Morgan fingerprint density at radius 3 is 2.42 bits per heavy atom. The smallest absolute Gasteiger partial charge is 0.431 e. The molecule has 1 aliphatic rings. The average molecular weight is 572 g/mol. The largest absolute Gasteiger partial charge is 0.457 e. The Morgan fingerprint density at radius 2 is 1.76 bits per heavy atom. The van der Waals surface area contributed by atoms with Gasteiger partial charge in [0.15, 0.2) is 0 Å². The summed E-state index contributed by atoms with van der Waals surface area (Å²) in [6.45, 7) is 1.53. The molecule has 38 heavy (non-hydrogen) atoms. The van der Waals surface area contributed by atoms with Crippen LogP contribution in [-0.2, 0) is 17.6 Å². The number of aryl methyl sites for hydroxylation is 1. The molecule has 0 radical (unpaired) electrons. The maximum Gasteiger partial charge on any atom is 0.431 e. The summed E-state index contributed by atoms with van der Waals surface area (Å²) in [7, 11) is 0. The summed E-state index contributed by atoms with van der Waals surface area (Å²) < 4.78 is 103. The molecule has 3 atom stereocenters. The van der Waals surface area contributed by atoms with Crippen LogP contribution in [-0.4, -0.2) is 42.2 Å². The molecule has 0 saturated heterocycles. The van der Waals surface area contributed by atoms with E-state index in [-0.39, 0.29) is 30.7 Å². The molecule has 0 aliphatic heterocycles. The van der Waals surface area contributed by atoms with E-state index in [2.05, 4.69) is 10.1 Å².